The topological polar surface area (TPSA) is 90.7 Å². The molecule has 0 aliphatic carbocycles. The van der Waals surface area contributed by atoms with E-state index in [1.165, 1.54) is 16.3 Å². The summed E-state index contributed by atoms with van der Waals surface area (Å²) in [7, 11) is 0. The highest BCUT2D eigenvalue weighted by atomic mass is 32.2. The number of para-hydroxylation sites is 1. The summed E-state index contributed by atoms with van der Waals surface area (Å²) in [4.78, 5) is 45.0. The number of rotatable bonds is 8. The van der Waals surface area contributed by atoms with E-state index < -0.39 is 0 Å². The Bertz CT molecular complexity index is 1260. The van der Waals surface area contributed by atoms with Gasteiger partial charge in [0.2, 0.25) is 5.91 Å². The Kier molecular flexibility index (Phi) is 8.07. The van der Waals surface area contributed by atoms with Crippen LogP contribution in [0.1, 0.15) is 26.7 Å². The Balaban J connectivity index is 1.58. The lowest BCUT2D eigenvalue weighted by Crippen LogP contribution is -2.43. The largest absolute Gasteiger partial charge is 0.494 e. The molecular formula is C26H29N3O5S. The van der Waals surface area contributed by atoms with Gasteiger partial charge in [-0.1, -0.05) is 23.9 Å². The lowest BCUT2D eigenvalue weighted by molar-refractivity contribution is -0.151. The minimum Gasteiger partial charge on any atom is -0.494 e. The van der Waals surface area contributed by atoms with Gasteiger partial charge in [-0.15, -0.1) is 0 Å². The third-order valence-corrected chi connectivity index (χ3v) is 6.79. The van der Waals surface area contributed by atoms with Gasteiger partial charge in [0.05, 0.1) is 41.5 Å². The van der Waals surface area contributed by atoms with Gasteiger partial charge in [-0.05, 0) is 63.1 Å². The lowest BCUT2D eigenvalue weighted by atomic mass is 9.98. The van der Waals surface area contributed by atoms with Crippen LogP contribution in [0, 0.1) is 5.92 Å². The second-order valence-corrected chi connectivity index (χ2v) is 9.14. The summed E-state index contributed by atoms with van der Waals surface area (Å²) in [5.74, 6) is 0.183. The number of fused-ring (bicyclic) bond motifs is 1. The molecule has 1 atom stereocenters. The standard InChI is InChI=1S/C26H29N3O5S/c1-3-33-20-13-11-19(12-14-20)29-24(31)21-9-5-6-10-22(21)27-26(29)35-17-23(30)28-15-7-8-18(16-28)25(32)34-4-2/h5-6,9-14,18H,3-4,7-8,15-17H2,1-2H3/t18-/m1/s1. The molecule has 0 radical (unpaired) electrons. The van der Waals surface area contributed by atoms with Gasteiger partial charge in [-0.2, -0.15) is 0 Å². The minimum absolute atomic E-state index is 0.0929. The first-order valence-electron chi connectivity index (χ1n) is 11.8. The monoisotopic (exact) mass is 495 g/mol. The van der Waals surface area contributed by atoms with Crippen LogP contribution in [0.2, 0.25) is 0 Å². The second kappa shape index (κ2) is 11.4. The van der Waals surface area contributed by atoms with Crippen LogP contribution in [-0.4, -0.2) is 58.4 Å². The SMILES string of the molecule is CCOC(=O)[C@@H]1CCCN(C(=O)CSc2nc3ccccc3c(=O)n2-c2ccc(OCC)cc2)C1. The van der Waals surface area contributed by atoms with E-state index in [4.69, 9.17) is 14.5 Å². The van der Waals surface area contributed by atoms with E-state index in [9.17, 15) is 14.4 Å². The number of hydrogen-bond acceptors (Lipinski definition) is 7. The molecule has 2 heterocycles. The Hall–Kier alpha value is -3.33. The molecule has 1 aromatic heterocycles. The van der Waals surface area contributed by atoms with Gasteiger partial charge in [0.15, 0.2) is 5.16 Å². The van der Waals surface area contributed by atoms with Crippen molar-refractivity contribution in [1.29, 1.82) is 0 Å². The quantitative estimate of drug-likeness (QED) is 0.267. The van der Waals surface area contributed by atoms with Crippen molar-refractivity contribution in [3.8, 4) is 11.4 Å². The molecule has 184 valence electrons. The van der Waals surface area contributed by atoms with E-state index in [-0.39, 0.29) is 29.1 Å². The molecule has 0 spiro atoms. The number of aromatic nitrogens is 2. The van der Waals surface area contributed by atoms with Gasteiger partial charge in [0.1, 0.15) is 5.75 Å². The summed E-state index contributed by atoms with van der Waals surface area (Å²) < 4.78 is 12.2. The number of carbonyl (C=O) groups excluding carboxylic acids is 2. The van der Waals surface area contributed by atoms with E-state index in [1.54, 1.807) is 30.0 Å². The molecule has 0 bridgehead atoms. The number of amides is 1. The number of ether oxygens (including phenoxy) is 2. The highest BCUT2D eigenvalue weighted by Gasteiger charge is 2.29. The maximum Gasteiger partial charge on any atom is 0.310 e. The van der Waals surface area contributed by atoms with E-state index in [0.29, 0.717) is 53.8 Å². The highest BCUT2D eigenvalue weighted by molar-refractivity contribution is 7.99. The zero-order valence-corrected chi connectivity index (χ0v) is 20.8. The Labute approximate surface area is 208 Å². The fourth-order valence-corrected chi connectivity index (χ4v) is 5.08. The molecule has 3 aromatic rings. The van der Waals surface area contributed by atoms with Crippen LogP contribution in [0.3, 0.4) is 0 Å². The molecule has 2 aromatic carbocycles. The molecule has 0 saturated carbocycles. The van der Waals surface area contributed by atoms with Crippen LogP contribution in [-0.2, 0) is 14.3 Å². The number of nitrogens with zero attached hydrogens (tertiary/aromatic N) is 3. The van der Waals surface area contributed by atoms with Gasteiger partial charge in [-0.3, -0.25) is 19.0 Å². The molecule has 8 nitrogen and oxygen atoms in total. The van der Waals surface area contributed by atoms with Crippen molar-refractivity contribution in [3.05, 3.63) is 58.9 Å². The number of thioether (sulfide) groups is 1. The van der Waals surface area contributed by atoms with Crippen LogP contribution < -0.4 is 10.3 Å². The zero-order chi connectivity index (χ0) is 24.8. The smallest absolute Gasteiger partial charge is 0.310 e. The fraction of sp³-hybridized carbons (Fsp3) is 0.385. The van der Waals surface area contributed by atoms with Crippen molar-refractivity contribution in [2.24, 2.45) is 5.92 Å². The van der Waals surface area contributed by atoms with Crippen LogP contribution in [0.25, 0.3) is 16.6 Å². The minimum atomic E-state index is -0.293. The van der Waals surface area contributed by atoms with Crippen molar-refractivity contribution in [2.45, 2.75) is 31.8 Å². The molecule has 1 saturated heterocycles. The number of likely N-dealkylation sites (tertiary alicyclic amines) is 1. The average molecular weight is 496 g/mol. The van der Waals surface area contributed by atoms with Crippen molar-refractivity contribution >= 4 is 34.5 Å². The molecule has 1 fully saturated rings. The number of hydrogen-bond donors (Lipinski definition) is 0. The zero-order valence-electron chi connectivity index (χ0n) is 19.9. The maximum absolute atomic E-state index is 13.4. The second-order valence-electron chi connectivity index (χ2n) is 8.20. The van der Waals surface area contributed by atoms with E-state index in [2.05, 4.69) is 0 Å². The van der Waals surface area contributed by atoms with Crippen LogP contribution in [0.4, 0.5) is 0 Å². The molecular weight excluding hydrogens is 466 g/mol. The predicted molar refractivity (Wildman–Crippen MR) is 135 cm³/mol. The summed E-state index contributed by atoms with van der Waals surface area (Å²) in [6.07, 6.45) is 1.48. The summed E-state index contributed by atoms with van der Waals surface area (Å²) in [5.41, 5.74) is 1.03. The predicted octanol–water partition coefficient (Wildman–Crippen LogP) is 3.68. The van der Waals surface area contributed by atoms with Gasteiger partial charge in [0.25, 0.3) is 5.56 Å². The highest BCUT2D eigenvalue weighted by Crippen LogP contribution is 2.25. The third kappa shape index (κ3) is 5.67. The molecule has 9 heteroatoms. The third-order valence-electron chi connectivity index (χ3n) is 5.87. The summed E-state index contributed by atoms with van der Waals surface area (Å²) in [5, 5.41) is 0.940. The van der Waals surface area contributed by atoms with Gasteiger partial charge < -0.3 is 14.4 Å². The first kappa shape index (κ1) is 24.8. The molecule has 4 rings (SSSR count). The van der Waals surface area contributed by atoms with Gasteiger partial charge in [-0.25, -0.2) is 4.98 Å². The first-order valence-corrected chi connectivity index (χ1v) is 12.8. The van der Waals surface area contributed by atoms with Crippen molar-refractivity contribution in [2.75, 3.05) is 32.1 Å². The fourth-order valence-electron chi connectivity index (χ4n) is 4.17. The molecule has 1 aliphatic heterocycles. The van der Waals surface area contributed by atoms with Crippen molar-refractivity contribution in [3.63, 3.8) is 0 Å². The normalized spacial score (nSPS) is 15.7. The molecule has 0 unspecified atom stereocenters. The van der Waals surface area contributed by atoms with Gasteiger partial charge in [0, 0.05) is 13.1 Å². The summed E-state index contributed by atoms with van der Waals surface area (Å²) in [6, 6.07) is 14.4. The lowest BCUT2D eigenvalue weighted by Gasteiger charge is -2.31. The van der Waals surface area contributed by atoms with Crippen LogP contribution >= 0.6 is 11.8 Å². The maximum atomic E-state index is 13.4. The Morgan fingerprint density at radius 1 is 1.09 bits per heavy atom. The van der Waals surface area contributed by atoms with Crippen LogP contribution in [0.5, 0.6) is 5.75 Å². The number of piperidine rings is 1. The van der Waals surface area contributed by atoms with Crippen molar-refractivity contribution in [1.82, 2.24) is 14.5 Å². The average Bonchev–Trinajstić information content (AvgIpc) is 2.88. The van der Waals surface area contributed by atoms with Crippen LogP contribution in [0.15, 0.2) is 58.5 Å². The van der Waals surface area contributed by atoms with E-state index in [0.717, 1.165) is 12.8 Å². The molecule has 1 amide bonds. The Morgan fingerprint density at radius 3 is 2.60 bits per heavy atom. The van der Waals surface area contributed by atoms with E-state index in [1.807, 2.05) is 37.3 Å². The summed E-state index contributed by atoms with van der Waals surface area (Å²) >= 11 is 1.22. The molecule has 0 N–H and O–H groups in total. The number of esters is 1. The Morgan fingerprint density at radius 2 is 1.86 bits per heavy atom. The number of carbonyl (C=O) groups is 2. The number of benzene rings is 2. The van der Waals surface area contributed by atoms with E-state index >= 15 is 0 Å². The first-order chi connectivity index (χ1) is 17.0. The summed E-state index contributed by atoms with van der Waals surface area (Å²) in [6.45, 7) is 5.53. The molecule has 1 aliphatic rings. The van der Waals surface area contributed by atoms with Crippen molar-refractivity contribution < 1.29 is 19.1 Å². The van der Waals surface area contributed by atoms with Gasteiger partial charge >= 0.3 is 5.97 Å². The molecule has 35 heavy (non-hydrogen) atoms.